The molecule has 1 heterocycles. The number of aryl methyl sites for hydroxylation is 1. The SMILES string of the molecule is C/C(=C\c1ccccc1)C(=O)N1CCCc2ccccc21. The Morgan fingerprint density at radius 3 is 2.57 bits per heavy atom. The van der Waals surface area contributed by atoms with Crippen LogP contribution in [0.5, 0.6) is 0 Å². The molecule has 2 aromatic rings. The molecular formula is C19H19NO. The van der Waals surface area contributed by atoms with Crippen molar-refractivity contribution in [3.8, 4) is 0 Å². The standard InChI is InChI=1S/C19H19NO/c1-15(14-16-8-3-2-4-9-16)19(21)20-13-7-11-17-10-5-6-12-18(17)20/h2-6,8-10,12,14H,7,11,13H2,1H3/b15-14+. The fourth-order valence-electron chi connectivity index (χ4n) is 2.82. The van der Waals surface area contributed by atoms with Crippen LogP contribution in [0.25, 0.3) is 6.08 Å². The Balaban J connectivity index is 1.88. The molecule has 0 saturated heterocycles. The molecule has 2 nitrogen and oxygen atoms in total. The predicted molar refractivity (Wildman–Crippen MR) is 87.2 cm³/mol. The summed E-state index contributed by atoms with van der Waals surface area (Å²) < 4.78 is 0. The van der Waals surface area contributed by atoms with Crippen LogP contribution in [0.2, 0.25) is 0 Å². The minimum atomic E-state index is 0.103. The van der Waals surface area contributed by atoms with E-state index in [1.807, 2.05) is 66.4 Å². The molecule has 0 spiro atoms. The van der Waals surface area contributed by atoms with Crippen LogP contribution >= 0.6 is 0 Å². The minimum Gasteiger partial charge on any atom is -0.308 e. The molecule has 1 aliphatic rings. The summed E-state index contributed by atoms with van der Waals surface area (Å²) in [6.45, 7) is 2.70. The maximum atomic E-state index is 12.7. The van der Waals surface area contributed by atoms with E-state index in [9.17, 15) is 4.79 Å². The van der Waals surface area contributed by atoms with Crippen LogP contribution in [0.15, 0.2) is 60.2 Å². The second-order valence-corrected chi connectivity index (χ2v) is 5.43. The summed E-state index contributed by atoms with van der Waals surface area (Å²) in [5, 5.41) is 0. The van der Waals surface area contributed by atoms with E-state index in [-0.39, 0.29) is 5.91 Å². The van der Waals surface area contributed by atoms with E-state index >= 15 is 0 Å². The summed E-state index contributed by atoms with van der Waals surface area (Å²) in [4.78, 5) is 14.6. The molecule has 106 valence electrons. The molecule has 21 heavy (non-hydrogen) atoms. The lowest BCUT2D eigenvalue weighted by molar-refractivity contribution is -0.115. The van der Waals surface area contributed by atoms with Crippen LogP contribution in [0.1, 0.15) is 24.5 Å². The largest absolute Gasteiger partial charge is 0.308 e. The summed E-state index contributed by atoms with van der Waals surface area (Å²) in [6.07, 6.45) is 4.04. The van der Waals surface area contributed by atoms with Gasteiger partial charge in [-0.1, -0.05) is 48.5 Å². The summed E-state index contributed by atoms with van der Waals surface area (Å²) in [5.41, 5.74) is 4.17. The normalized spacial score (nSPS) is 14.7. The predicted octanol–water partition coefficient (Wildman–Crippen LogP) is 4.07. The molecule has 1 aliphatic heterocycles. The summed E-state index contributed by atoms with van der Waals surface area (Å²) >= 11 is 0. The molecule has 0 atom stereocenters. The molecular weight excluding hydrogens is 258 g/mol. The van der Waals surface area contributed by atoms with E-state index in [0.29, 0.717) is 0 Å². The van der Waals surface area contributed by atoms with Gasteiger partial charge in [0.1, 0.15) is 0 Å². The van der Waals surface area contributed by atoms with Crippen LogP contribution in [0.3, 0.4) is 0 Å². The van der Waals surface area contributed by atoms with Gasteiger partial charge in [-0.3, -0.25) is 4.79 Å². The first-order valence-corrected chi connectivity index (χ1v) is 7.39. The number of nitrogens with zero attached hydrogens (tertiary/aromatic N) is 1. The third-order valence-electron chi connectivity index (χ3n) is 3.88. The first kappa shape index (κ1) is 13.6. The van der Waals surface area contributed by atoms with Gasteiger partial charge in [0.05, 0.1) is 0 Å². The number of anilines is 1. The van der Waals surface area contributed by atoms with Gasteiger partial charge in [0, 0.05) is 17.8 Å². The molecule has 0 aromatic heterocycles. The average Bonchev–Trinajstić information content (AvgIpc) is 2.54. The van der Waals surface area contributed by atoms with Crippen molar-refractivity contribution in [2.75, 3.05) is 11.4 Å². The first-order valence-electron chi connectivity index (χ1n) is 7.39. The van der Waals surface area contributed by atoms with Gasteiger partial charge in [-0.2, -0.15) is 0 Å². The third kappa shape index (κ3) is 2.89. The number of carbonyl (C=O) groups excluding carboxylic acids is 1. The van der Waals surface area contributed by atoms with Gasteiger partial charge in [0.25, 0.3) is 5.91 Å². The smallest absolute Gasteiger partial charge is 0.253 e. The Labute approximate surface area is 125 Å². The molecule has 0 aliphatic carbocycles. The minimum absolute atomic E-state index is 0.103. The van der Waals surface area contributed by atoms with Gasteiger partial charge in [-0.25, -0.2) is 0 Å². The number of hydrogen-bond acceptors (Lipinski definition) is 1. The van der Waals surface area contributed by atoms with Crippen LogP contribution in [0, 0.1) is 0 Å². The highest BCUT2D eigenvalue weighted by molar-refractivity contribution is 6.08. The number of fused-ring (bicyclic) bond motifs is 1. The fourth-order valence-corrected chi connectivity index (χ4v) is 2.82. The highest BCUT2D eigenvalue weighted by atomic mass is 16.2. The van der Waals surface area contributed by atoms with Crippen LogP contribution in [-0.2, 0) is 11.2 Å². The lowest BCUT2D eigenvalue weighted by Gasteiger charge is -2.29. The van der Waals surface area contributed by atoms with Crippen molar-refractivity contribution in [2.24, 2.45) is 0 Å². The number of hydrogen-bond donors (Lipinski definition) is 0. The van der Waals surface area contributed by atoms with Crippen LogP contribution < -0.4 is 4.90 Å². The van der Waals surface area contributed by atoms with Crippen molar-refractivity contribution in [1.82, 2.24) is 0 Å². The van der Waals surface area contributed by atoms with E-state index in [2.05, 4.69) is 6.07 Å². The third-order valence-corrected chi connectivity index (χ3v) is 3.88. The monoisotopic (exact) mass is 277 g/mol. The quantitative estimate of drug-likeness (QED) is 0.758. The Bertz CT molecular complexity index is 673. The van der Waals surface area contributed by atoms with Crippen molar-refractivity contribution in [3.05, 3.63) is 71.3 Å². The van der Waals surface area contributed by atoms with Crippen molar-refractivity contribution < 1.29 is 4.79 Å². The number of carbonyl (C=O) groups is 1. The molecule has 3 rings (SSSR count). The van der Waals surface area contributed by atoms with E-state index < -0.39 is 0 Å². The molecule has 0 radical (unpaired) electrons. The maximum absolute atomic E-state index is 12.7. The molecule has 2 aromatic carbocycles. The molecule has 0 fully saturated rings. The number of rotatable bonds is 2. The lowest BCUT2D eigenvalue weighted by atomic mass is 10.0. The average molecular weight is 277 g/mol. The van der Waals surface area contributed by atoms with Gasteiger partial charge in [-0.15, -0.1) is 0 Å². The zero-order chi connectivity index (χ0) is 14.7. The second-order valence-electron chi connectivity index (χ2n) is 5.43. The Kier molecular flexibility index (Phi) is 3.87. The Morgan fingerprint density at radius 2 is 1.76 bits per heavy atom. The highest BCUT2D eigenvalue weighted by Crippen LogP contribution is 2.28. The van der Waals surface area contributed by atoms with Gasteiger partial charge in [0.2, 0.25) is 0 Å². The summed E-state index contributed by atoms with van der Waals surface area (Å²) in [6, 6.07) is 18.2. The Morgan fingerprint density at radius 1 is 1.05 bits per heavy atom. The molecule has 0 saturated carbocycles. The van der Waals surface area contributed by atoms with Crippen LogP contribution in [-0.4, -0.2) is 12.5 Å². The van der Waals surface area contributed by atoms with Crippen molar-refractivity contribution in [2.45, 2.75) is 19.8 Å². The molecule has 1 amide bonds. The summed E-state index contributed by atoms with van der Waals surface area (Å²) in [7, 11) is 0. The van der Waals surface area contributed by atoms with E-state index in [1.54, 1.807) is 0 Å². The first-order chi connectivity index (χ1) is 10.3. The highest BCUT2D eigenvalue weighted by Gasteiger charge is 2.22. The maximum Gasteiger partial charge on any atom is 0.253 e. The molecule has 0 bridgehead atoms. The van der Waals surface area contributed by atoms with Crippen LogP contribution in [0.4, 0.5) is 5.69 Å². The topological polar surface area (TPSA) is 20.3 Å². The fraction of sp³-hybridized carbons (Fsp3) is 0.211. The summed E-state index contributed by atoms with van der Waals surface area (Å²) in [5.74, 6) is 0.103. The zero-order valence-electron chi connectivity index (χ0n) is 12.3. The van der Waals surface area contributed by atoms with Crippen molar-refractivity contribution in [3.63, 3.8) is 0 Å². The zero-order valence-corrected chi connectivity index (χ0v) is 12.3. The van der Waals surface area contributed by atoms with Gasteiger partial charge in [-0.05, 0) is 43.0 Å². The number of amides is 1. The van der Waals surface area contributed by atoms with E-state index in [1.165, 1.54) is 5.56 Å². The van der Waals surface area contributed by atoms with Gasteiger partial charge in [0.15, 0.2) is 0 Å². The lowest BCUT2D eigenvalue weighted by Crippen LogP contribution is -2.35. The van der Waals surface area contributed by atoms with Crippen molar-refractivity contribution in [1.29, 1.82) is 0 Å². The molecule has 0 unspecified atom stereocenters. The van der Waals surface area contributed by atoms with E-state index in [4.69, 9.17) is 0 Å². The van der Waals surface area contributed by atoms with E-state index in [0.717, 1.165) is 36.2 Å². The molecule has 0 N–H and O–H groups in total. The van der Waals surface area contributed by atoms with Crippen molar-refractivity contribution >= 4 is 17.7 Å². The second kappa shape index (κ2) is 5.96. The number of para-hydroxylation sites is 1. The Hall–Kier alpha value is -2.35. The number of benzene rings is 2. The van der Waals surface area contributed by atoms with Gasteiger partial charge < -0.3 is 4.90 Å². The van der Waals surface area contributed by atoms with Gasteiger partial charge >= 0.3 is 0 Å². The molecule has 2 heteroatoms.